The van der Waals surface area contributed by atoms with Gasteiger partial charge in [-0.2, -0.15) is 5.10 Å². The van der Waals surface area contributed by atoms with Crippen molar-refractivity contribution in [2.24, 2.45) is 0 Å². The molecule has 0 bridgehead atoms. The van der Waals surface area contributed by atoms with Crippen LogP contribution in [0.4, 0.5) is 0 Å². The van der Waals surface area contributed by atoms with E-state index in [0.717, 1.165) is 0 Å². The number of nitrogens with zero attached hydrogens (tertiary/aromatic N) is 2. The highest BCUT2D eigenvalue weighted by molar-refractivity contribution is 7.10. The normalized spacial score (nSPS) is 12.8. The topological polar surface area (TPSA) is 46.9 Å². The van der Waals surface area contributed by atoms with Crippen LogP contribution in [0.1, 0.15) is 47.6 Å². The van der Waals surface area contributed by atoms with Gasteiger partial charge in [-0.1, -0.05) is 39.0 Å². The molecule has 3 aromatic rings. The first-order chi connectivity index (χ1) is 11.9. The number of nitrogens with one attached hydrogen (secondary N) is 1. The summed E-state index contributed by atoms with van der Waals surface area (Å²) in [4.78, 5) is 13.7. The first kappa shape index (κ1) is 17.4. The van der Waals surface area contributed by atoms with E-state index in [1.165, 1.54) is 10.4 Å². The van der Waals surface area contributed by atoms with Crippen molar-refractivity contribution in [1.82, 2.24) is 15.1 Å². The average Bonchev–Trinajstić information content (AvgIpc) is 3.28. The van der Waals surface area contributed by atoms with Crippen LogP contribution in [0.25, 0.3) is 0 Å². The maximum Gasteiger partial charge on any atom is 0.251 e. The van der Waals surface area contributed by atoms with E-state index >= 15 is 0 Å². The Bertz CT molecular complexity index is 766. The van der Waals surface area contributed by atoms with E-state index in [0.29, 0.717) is 12.1 Å². The highest BCUT2D eigenvalue weighted by Crippen LogP contribution is 2.23. The van der Waals surface area contributed by atoms with E-state index in [-0.39, 0.29) is 17.4 Å². The van der Waals surface area contributed by atoms with Gasteiger partial charge in [-0.05, 0) is 40.6 Å². The van der Waals surface area contributed by atoms with E-state index in [2.05, 4.69) is 37.3 Å². The second kappa shape index (κ2) is 7.23. The Hall–Kier alpha value is -2.40. The molecule has 1 atom stereocenters. The van der Waals surface area contributed by atoms with Crippen molar-refractivity contribution in [3.05, 3.63) is 76.2 Å². The van der Waals surface area contributed by atoms with Crippen LogP contribution in [0.2, 0.25) is 0 Å². The fraction of sp³-hybridized carbons (Fsp3) is 0.300. The van der Waals surface area contributed by atoms with Gasteiger partial charge in [0.25, 0.3) is 5.91 Å². The lowest BCUT2D eigenvalue weighted by molar-refractivity contribution is 0.0949. The Morgan fingerprint density at radius 2 is 1.96 bits per heavy atom. The van der Waals surface area contributed by atoms with Crippen molar-refractivity contribution >= 4 is 17.2 Å². The molecule has 0 spiro atoms. The molecule has 0 fully saturated rings. The third-order valence-corrected chi connectivity index (χ3v) is 5.16. The molecule has 2 heterocycles. The Morgan fingerprint density at radius 1 is 1.20 bits per heavy atom. The molecule has 1 N–H and O–H groups in total. The molecule has 1 amide bonds. The standard InChI is InChI=1S/C20H23N3OS/c1-20(2,3)16-9-7-15(8-10-16)19(24)21-14-17(18-6-4-13-25-18)23-12-5-11-22-23/h4-13,17H,14H2,1-3H3,(H,21,24). The molecule has 0 aliphatic rings. The first-order valence-electron chi connectivity index (χ1n) is 8.36. The van der Waals surface area contributed by atoms with Crippen LogP contribution in [0.3, 0.4) is 0 Å². The maximum absolute atomic E-state index is 12.5. The number of carbonyl (C=O) groups excluding carboxylic acids is 1. The second-order valence-corrected chi connectivity index (χ2v) is 8.03. The van der Waals surface area contributed by atoms with E-state index < -0.39 is 0 Å². The maximum atomic E-state index is 12.5. The molecule has 3 rings (SSSR count). The number of benzene rings is 1. The highest BCUT2D eigenvalue weighted by atomic mass is 32.1. The molecule has 25 heavy (non-hydrogen) atoms. The molecular formula is C20H23N3OS. The highest BCUT2D eigenvalue weighted by Gasteiger charge is 2.18. The van der Waals surface area contributed by atoms with Crippen molar-refractivity contribution in [1.29, 1.82) is 0 Å². The summed E-state index contributed by atoms with van der Waals surface area (Å²) in [6, 6.07) is 13.8. The van der Waals surface area contributed by atoms with Crippen molar-refractivity contribution in [2.45, 2.75) is 32.2 Å². The Kier molecular flexibility index (Phi) is 5.04. The van der Waals surface area contributed by atoms with Crippen LogP contribution in [0, 0.1) is 0 Å². The molecule has 1 aromatic carbocycles. The van der Waals surface area contributed by atoms with Crippen LogP contribution in [-0.2, 0) is 5.41 Å². The molecule has 1 unspecified atom stereocenters. The van der Waals surface area contributed by atoms with Gasteiger partial charge in [0.2, 0.25) is 0 Å². The molecular weight excluding hydrogens is 330 g/mol. The van der Waals surface area contributed by atoms with Gasteiger partial charge < -0.3 is 5.32 Å². The summed E-state index contributed by atoms with van der Waals surface area (Å²) in [5, 5.41) is 9.42. The minimum Gasteiger partial charge on any atom is -0.350 e. The monoisotopic (exact) mass is 353 g/mol. The predicted octanol–water partition coefficient (Wildman–Crippen LogP) is 4.26. The van der Waals surface area contributed by atoms with Gasteiger partial charge in [0, 0.05) is 29.4 Å². The molecule has 130 valence electrons. The van der Waals surface area contributed by atoms with Crippen LogP contribution < -0.4 is 5.32 Å². The third kappa shape index (κ3) is 4.17. The first-order valence-corrected chi connectivity index (χ1v) is 9.24. The van der Waals surface area contributed by atoms with Gasteiger partial charge in [0.05, 0.1) is 0 Å². The number of amides is 1. The predicted molar refractivity (Wildman–Crippen MR) is 102 cm³/mol. The van der Waals surface area contributed by atoms with Crippen molar-refractivity contribution in [3.8, 4) is 0 Å². The summed E-state index contributed by atoms with van der Waals surface area (Å²) < 4.78 is 1.88. The SMILES string of the molecule is CC(C)(C)c1ccc(C(=O)NCC(c2cccs2)n2cccn2)cc1. The molecule has 0 saturated heterocycles. The second-order valence-electron chi connectivity index (χ2n) is 7.05. The Labute approximate surface area is 152 Å². The lowest BCUT2D eigenvalue weighted by atomic mass is 9.87. The zero-order valence-corrected chi connectivity index (χ0v) is 15.6. The van der Waals surface area contributed by atoms with Gasteiger partial charge in [0.15, 0.2) is 0 Å². The van der Waals surface area contributed by atoms with Gasteiger partial charge in [-0.3, -0.25) is 9.48 Å². The lowest BCUT2D eigenvalue weighted by Crippen LogP contribution is -2.31. The fourth-order valence-corrected chi connectivity index (χ4v) is 3.50. The zero-order chi connectivity index (χ0) is 17.9. The van der Waals surface area contributed by atoms with Crippen LogP contribution >= 0.6 is 11.3 Å². The van der Waals surface area contributed by atoms with Gasteiger partial charge >= 0.3 is 0 Å². The quantitative estimate of drug-likeness (QED) is 0.745. The molecule has 4 nitrogen and oxygen atoms in total. The lowest BCUT2D eigenvalue weighted by Gasteiger charge is -2.19. The summed E-state index contributed by atoms with van der Waals surface area (Å²) in [5.41, 5.74) is 1.98. The van der Waals surface area contributed by atoms with Gasteiger partial charge in [0.1, 0.15) is 6.04 Å². The summed E-state index contributed by atoms with van der Waals surface area (Å²) in [7, 11) is 0. The van der Waals surface area contributed by atoms with E-state index in [9.17, 15) is 4.79 Å². The molecule has 0 aliphatic carbocycles. The average molecular weight is 353 g/mol. The van der Waals surface area contributed by atoms with Crippen LogP contribution in [0.15, 0.2) is 60.2 Å². The van der Waals surface area contributed by atoms with E-state index in [1.54, 1.807) is 17.5 Å². The number of aromatic nitrogens is 2. The summed E-state index contributed by atoms with van der Waals surface area (Å²) in [5.74, 6) is -0.0610. The van der Waals surface area contributed by atoms with Crippen LogP contribution in [0.5, 0.6) is 0 Å². The number of carbonyl (C=O) groups is 1. The van der Waals surface area contributed by atoms with Crippen molar-refractivity contribution < 1.29 is 4.79 Å². The smallest absolute Gasteiger partial charge is 0.251 e. The molecule has 5 heteroatoms. The number of thiophene rings is 1. The zero-order valence-electron chi connectivity index (χ0n) is 14.8. The minimum absolute atomic E-state index is 0.00722. The van der Waals surface area contributed by atoms with Crippen LogP contribution in [-0.4, -0.2) is 22.2 Å². The molecule has 0 aliphatic heterocycles. The molecule has 2 aromatic heterocycles. The number of hydrogen-bond acceptors (Lipinski definition) is 3. The Balaban J connectivity index is 1.70. The van der Waals surface area contributed by atoms with Gasteiger partial charge in [-0.25, -0.2) is 0 Å². The van der Waals surface area contributed by atoms with Crippen molar-refractivity contribution in [3.63, 3.8) is 0 Å². The third-order valence-electron chi connectivity index (χ3n) is 4.18. The van der Waals surface area contributed by atoms with Crippen molar-refractivity contribution in [2.75, 3.05) is 6.54 Å². The largest absolute Gasteiger partial charge is 0.350 e. The summed E-state index contributed by atoms with van der Waals surface area (Å²) >= 11 is 1.67. The minimum atomic E-state index is -0.0610. The van der Waals surface area contributed by atoms with E-state index in [1.807, 2.05) is 52.7 Å². The number of hydrogen-bond donors (Lipinski definition) is 1. The number of rotatable bonds is 5. The molecule has 0 saturated carbocycles. The van der Waals surface area contributed by atoms with Gasteiger partial charge in [-0.15, -0.1) is 11.3 Å². The Morgan fingerprint density at radius 3 is 2.52 bits per heavy atom. The molecule has 0 radical (unpaired) electrons. The fourth-order valence-electron chi connectivity index (χ4n) is 2.68. The summed E-state index contributed by atoms with van der Waals surface area (Å²) in [6.45, 7) is 7.00. The van der Waals surface area contributed by atoms with E-state index in [4.69, 9.17) is 0 Å². The summed E-state index contributed by atoms with van der Waals surface area (Å²) in [6.07, 6.45) is 3.68.